The van der Waals surface area contributed by atoms with Crippen LogP contribution in [0.3, 0.4) is 0 Å². The molecule has 0 fully saturated rings. The molecule has 0 saturated carbocycles. The van der Waals surface area contributed by atoms with Gasteiger partial charge in [-0.15, -0.1) is 0 Å². The molecule has 0 unspecified atom stereocenters. The number of fused-ring (bicyclic) bond motifs is 1. The molecule has 19 heavy (non-hydrogen) atoms. The minimum Gasteiger partial charge on any atom is -0.350 e. The van der Waals surface area contributed by atoms with E-state index in [0.29, 0.717) is 6.54 Å². The molecule has 0 spiro atoms. The summed E-state index contributed by atoms with van der Waals surface area (Å²) in [5, 5.41) is 1.35. The molecule has 104 valence electrons. The number of para-hydroxylation sites is 1. The molecule has 0 aliphatic carbocycles. The average molecular weight is 259 g/mol. The minimum absolute atomic E-state index is 0.166. The third-order valence-electron chi connectivity index (χ3n) is 3.67. The summed E-state index contributed by atoms with van der Waals surface area (Å²) in [6, 6.07) is 8.57. The van der Waals surface area contributed by atoms with Gasteiger partial charge in [-0.25, -0.2) is 0 Å². The van der Waals surface area contributed by atoms with E-state index in [1.54, 1.807) is 0 Å². The van der Waals surface area contributed by atoms with Gasteiger partial charge in [-0.05, 0) is 30.6 Å². The summed E-state index contributed by atoms with van der Waals surface area (Å²) in [5.41, 5.74) is 8.66. The van der Waals surface area contributed by atoms with Crippen LogP contribution in [0.4, 0.5) is 0 Å². The Labute approximate surface area is 116 Å². The molecular formula is C16H25N3. The predicted molar refractivity (Wildman–Crippen MR) is 82.1 cm³/mol. The fourth-order valence-corrected chi connectivity index (χ4v) is 2.69. The van der Waals surface area contributed by atoms with Crippen molar-refractivity contribution in [2.45, 2.75) is 20.4 Å². The molecule has 0 atom stereocenters. The quantitative estimate of drug-likeness (QED) is 0.895. The first-order valence-electron chi connectivity index (χ1n) is 6.84. The van der Waals surface area contributed by atoms with E-state index in [0.717, 1.165) is 13.1 Å². The highest BCUT2D eigenvalue weighted by Crippen LogP contribution is 2.22. The van der Waals surface area contributed by atoms with Gasteiger partial charge in [0.15, 0.2) is 0 Å². The molecule has 0 saturated heterocycles. The van der Waals surface area contributed by atoms with Gasteiger partial charge >= 0.3 is 0 Å². The van der Waals surface area contributed by atoms with Crippen molar-refractivity contribution >= 4 is 10.9 Å². The molecule has 1 aromatic carbocycles. The van der Waals surface area contributed by atoms with Crippen molar-refractivity contribution in [2.75, 3.05) is 20.1 Å². The Morgan fingerprint density at radius 2 is 1.95 bits per heavy atom. The largest absolute Gasteiger partial charge is 0.350 e. The van der Waals surface area contributed by atoms with Crippen LogP contribution in [-0.2, 0) is 13.6 Å². The lowest BCUT2D eigenvalue weighted by Crippen LogP contribution is -2.36. The van der Waals surface area contributed by atoms with Gasteiger partial charge in [0, 0.05) is 37.2 Å². The third-order valence-corrected chi connectivity index (χ3v) is 3.67. The Balaban J connectivity index is 2.18. The van der Waals surface area contributed by atoms with Crippen LogP contribution in [0.5, 0.6) is 0 Å². The first kappa shape index (κ1) is 14.1. The van der Waals surface area contributed by atoms with Crippen LogP contribution in [0.25, 0.3) is 10.9 Å². The van der Waals surface area contributed by atoms with E-state index >= 15 is 0 Å². The van der Waals surface area contributed by atoms with Gasteiger partial charge in [-0.3, -0.25) is 0 Å². The van der Waals surface area contributed by atoms with Crippen LogP contribution in [-0.4, -0.2) is 29.6 Å². The second-order valence-electron chi connectivity index (χ2n) is 6.32. The summed E-state index contributed by atoms with van der Waals surface area (Å²) < 4.78 is 2.20. The summed E-state index contributed by atoms with van der Waals surface area (Å²) in [5.74, 6) is 0. The molecule has 3 heteroatoms. The standard InChI is InChI=1S/C16H25N3/c1-16(2,11-17)12-18(3)9-13-10-19(4)15-8-6-5-7-14(13)15/h5-8,10H,9,11-12,17H2,1-4H3. The lowest BCUT2D eigenvalue weighted by atomic mass is 9.93. The first-order chi connectivity index (χ1) is 8.93. The number of benzene rings is 1. The van der Waals surface area contributed by atoms with E-state index in [-0.39, 0.29) is 5.41 Å². The maximum Gasteiger partial charge on any atom is 0.0481 e. The SMILES string of the molecule is CN(Cc1cn(C)c2ccccc12)CC(C)(C)CN. The van der Waals surface area contributed by atoms with E-state index < -0.39 is 0 Å². The summed E-state index contributed by atoms with van der Waals surface area (Å²) in [6.07, 6.45) is 2.23. The zero-order valence-electron chi connectivity index (χ0n) is 12.5. The molecule has 2 N–H and O–H groups in total. The maximum atomic E-state index is 5.81. The summed E-state index contributed by atoms with van der Waals surface area (Å²) in [4.78, 5) is 2.36. The van der Waals surface area contributed by atoms with Crippen LogP contribution < -0.4 is 5.73 Å². The van der Waals surface area contributed by atoms with E-state index in [4.69, 9.17) is 5.73 Å². The second kappa shape index (κ2) is 5.35. The average Bonchev–Trinajstić information content (AvgIpc) is 2.66. The highest BCUT2D eigenvalue weighted by molar-refractivity contribution is 5.83. The molecular weight excluding hydrogens is 234 g/mol. The highest BCUT2D eigenvalue weighted by Gasteiger charge is 2.18. The van der Waals surface area contributed by atoms with Gasteiger partial charge in [0.2, 0.25) is 0 Å². The molecule has 0 radical (unpaired) electrons. The number of rotatable bonds is 5. The maximum absolute atomic E-state index is 5.81. The van der Waals surface area contributed by atoms with E-state index in [2.05, 4.69) is 67.9 Å². The van der Waals surface area contributed by atoms with Crippen molar-refractivity contribution in [3.63, 3.8) is 0 Å². The summed E-state index contributed by atoms with van der Waals surface area (Å²) in [6.45, 7) is 7.11. The van der Waals surface area contributed by atoms with Crippen molar-refractivity contribution in [1.29, 1.82) is 0 Å². The fraction of sp³-hybridized carbons (Fsp3) is 0.500. The molecule has 0 amide bonds. The number of aryl methyl sites for hydroxylation is 1. The smallest absolute Gasteiger partial charge is 0.0481 e. The first-order valence-corrected chi connectivity index (χ1v) is 6.84. The molecule has 1 heterocycles. The molecule has 1 aromatic heterocycles. The highest BCUT2D eigenvalue weighted by atomic mass is 15.1. The van der Waals surface area contributed by atoms with Crippen molar-refractivity contribution in [1.82, 2.24) is 9.47 Å². The minimum atomic E-state index is 0.166. The summed E-state index contributed by atoms with van der Waals surface area (Å²) in [7, 11) is 4.27. The molecule has 0 bridgehead atoms. The van der Waals surface area contributed by atoms with E-state index in [1.807, 2.05) is 0 Å². The van der Waals surface area contributed by atoms with Crippen molar-refractivity contribution < 1.29 is 0 Å². The lowest BCUT2D eigenvalue weighted by molar-refractivity contribution is 0.210. The van der Waals surface area contributed by atoms with E-state index in [1.165, 1.54) is 16.5 Å². The van der Waals surface area contributed by atoms with Gasteiger partial charge in [0.05, 0.1) is 0 Å². The Morgan fingerprint density at radius 1 is 1.26 bits per heavy atom. The number of nitrogens with zero attached hydrogens (tertiary/aromatic N) is 2. The van der Waals surface area contributed by atoms with Gasteiger partial charge in [-0.1, -0.05) is 32.0 Å². The normalized spacial score (nSPS) is 12.5. The topological polar surface area (TPSA) is 34.2 Å². The Hall–Kier alpha value is -1.32. The third kappa shape index (κ3) is 3.17. The van der Waals surface area contributed by atoms with Gasteiger partial charge in [0.25, 0.3) is 0 Å². The second-order valence-corrected chi connectivity index (χ2v) is 6.32. The molecule has 3 nitrogen and oxygen atoms in total. The van der Waals surface area contributed by atoms with Crippen LogP contribution >= 0.6 is 0 Å². The van der Waals surface area contributed by atoms with Crippen LogP contribution in [0, 0.1) is 5.41 Å². The number of aromatic nitrogens is 1. The van der Waals surface area contributed by atoms with Crippen LogP contribution in [0.1, 0.15) is 19.4 Å². The number of hydrogen-bond acceptors (Lipinski definition) is 2. The fourth-order valence-electron chi connectivity index (χ4n) is 2.69. The van der Waals surface area contributed by atoms with Crippen molar-refractivity contribution in [2.24, 2.45) is 18.2 Å². The number of hydrogen-bond donors (Lipinski definition) is 1. The van der Waals surface area contributed by atoms with E-state index in [9.17, 15) is 0 Å². The molecule has 2 rings (SSSR count). The van der Waals surface area contributed by atoms with Crippen molar-refractivity contribution in [3.8, 4) is 0 Å². The van der Waals surface area contributed by atoms with Gasteiger partial charge in [-0.2, -0.15) is 0 Å². The zero-order chi connectivity index (χ0) is 14.0. The zero-order valence-corrected chi connectivity index (χ0v) is 12.5. The number of nitrogens with two attached hydrogens (primary N) is 1. The molecule has 0 aliphatic rings. The van der Waals surface area contributed by atoms with Crippen LogP contribution in [0.2, 0.25) is 0 Å². The Bertz CT molecular complexity index is 554. The van der Waals surface area contributed by atoms with Gasteiger partial charge < -0.3 is 15.2 Å². The Kier molecular flexibility index (Phi) is 3.97. The van der Waals surface area contributed by atoms with Crippen molar-refractivity contribution in [3.05, 3.63) is 36.0 Å². The predicted octanol–water partition coefficient (Wildman–Crippen LogP) is 2.59. The van der Waals surface area contributed by atoms with Gasteiger partial charge in [0.1, 0.15) is 0 Å². The lowest BCUT2D eigenvalue weighted by Gasteiger charge is -2.28. The Morgan fingerprint density at radius 3 is 2.63 bits per heavy atom. The monoisotopic (exact) mass is 259 g/mol. The molecule has 2 aromatic rings. The van der Waals surface area contributed by atoms with Crippen LogP contribution in [0.15, 0.2) is 30.5 Å². The summed E-state index contributed by atoms with van der Waals surface area (Å²) >= 11 is 0. The molecule has 0 aliphatic heterocycles.